The number of aryl methyl sites for hydroxylation is 1. The molecule has 0 radical (unpaired) electrons. The molecular formula is C19H20N4OS3. The van der Waals surface area contributed by atoms with Gasteiger partial charge in [0, 0.05) is 47.6 Å². The quantitative estimate of drug-likeness (QED) is 0.233. The summed E-state index contributed by atoms with van der Waals surface area (Å²) in [6.45, 7) is 0.959. The lowest BCUT2D eigenvalue weighted by Gasteiger charge is -2.07. The summed E-state index contributed by atoms with van der Waals surface area (Å²) in [6, 6.07) is 6.02. The lowest BCUT2D eigenvalue weighted by molar-refractivity contribution is 0.554. The zero-order valence-corrected chi connectivity index (χ0v) is 17.4. The molecular weight excluding hydrogens is 396 g/mol. The smallest absolute Gasteiger partial charge is 0.263 e. The minimum atomic E-state index is 0.0471. The summed E-state index contributed by atoms with van der Waals surface area (Å²) in [5.41, 5.74) is 1.05. The number of rotatable bonds is 8. The second-order valence-electron chi connectivity index (χ2n) is 6.24. The molecule has 0 aromatic carbocycles. The van der Waals surface area contributed by atoms with Gasteiger partial charge in [-0.25, -0.2) is 4.98 Å². The first-order chi connectivity index (χ1) is 13.2. The van der Waals surface area contributed by atoms with Gasteiger partial charge in [0.05, 0.1) is 5.39 Å². The third kappa shape index (κ3) is 4.02. The molecule has 0 bridgehead atoms. The van der Waals surface area contributed by atoms with Crippen molar-refractivity contribution in [3.63, 3.8) is 0 Å². The van der Waals surface area contributed by atoms with E-state index in [0.29, 0.717) is 0 Å². The van der Waals surface area contributed by atoms with Crippen molar-refractivity contribution in [3.8, 4) is 10.4 Å². The van der Waals surface area contributed by atoms with Crippen molar-refractivity contribution in [1.82, 2.24) is 19.3 Å². The van der Waals surface area contributed by atoms with Crippen LogP contribution in [-0.4, -0.2) is 25.1 Å². The van der Waals surface area contributed by atoms with Gasteiger partial charge in [-0.1, -0.05) is 24.2 Å². The molecule has 0 aliphatic carbocycles. The molecule has 5 nitrogen and oxygen atoms in total. The van der Waals surface area contributed by atoms with Crippen molar-refractivity contribution in [2.45, 2.75) is 31.0 Å². The van der Waals surface area contributed by atoms with Crippen LogP contribution >= 0.6 is 34.4 Å². The minimum absolute atomic E-state index is 0.0471. The molecule has 0 aliphatic rings. The summed E-state index contributed by atoms with van der Waals surface area (Å²) >= 11 is 4.88. The number of aromatic nitrogens is 4. The third-order valence-corrected chi connectivity index (χ3v) is 7.27. The van der Waals surface area contributed by atoms with Crippen LogP contribution in [0.4, 0.5) is 0 Å². The molecule has 0 aliphatic heterocycles. The van der Waals surface area contributed by atoms with Gasteiger partial charge in [0.15, 0.2) is 5.16 Å². The monoisotopic (exact) mass is 416 g/mol. The van der Waals surface area contributed by atoms with E-state index in [1.807, 2.05) is 41.6 Å². The van der Waals surface area contributed by atoms with Crippen molar-refractivity contribution in [3.05, 3.63) is 51.7 Å². The number of hydrogen-bond acceptors (Lipinski definition) is 6. The summed E-state index contributed by atoms with van der Waals surface area (Å²) in [7, 11) is 1.82. The van der Waals surface area contributed by atoms with Crippen LogP contribution in [0.3, 0.4) is 0 Å². The average molecular weight is 417 g/mol. The molecule has 4 aromatic heterocycles. The Labute approximate surface area is 169 Å². The first-order valence-corrected chi connectivity index (χ1v) is 11.6. The summed E-state index contributed by atoms with van der Waals surface area (Å²) in [4.78, 5) is 19.6. The maximum Gasteiger partial charge on any atom is 0.263 e. The number of unbranched alkanes of at least 4 members (excludes halogenated alkanes) is 2. The molecule has 0 spiro atoms. The van der Waals surface area contributed by atoms with Crippen LogP contribution in [0, 0.1) is 0 Å². The molecule has 8 heteroatoms. The van der Waals surface area contributed by atoms with Gasteiger partial charge < -0.3 is 0 Å². The number of nitrogens with zero attached hydrogens (tertiary/aromatic N) is 4. The molecule has 0 saturated carbocycles. The Kier molecular flexibility index (Phi) is 5.75. The lowest BCUT2D eigenvalue weighted by atomic mass is 10.2. The predicted octanol–water partition coefficient (Wildman–Crippen LogP) is 4.88. The molecule has 140 valence electrons. The van der Waals surface area contributed by atoms with Gasteiger partial charge in [0.1, 0.15) is 4.83 Å². The predicted molar refractivity (Wildman–Crippen MR) is 115 cm³/mol. The van der Waals surface area contributed by atoms with Crippen LogP contribution in [0.1, 0.15) is 19.3 Å². The van der Waals surface area contributed by atoms with E-state index in [1.165, 1.54) is 0 Å². The maximum absolute atomic E-state index is 12.9. The zero-order chi connectivity index (χ0) is 18.6. The largest absolute Gasteiger partial charge is 0.290 e. The Hall–Kier alpha value is -1.90. The van der Waals surface area contributed by atoms with Crippen molar-refractivity contribution >= 4 is 44.7 Å². The van der Waals surface area contributed by atoms with Crippen molar-refractivity contribution < 1.29 is 0 Å². The molecule has 4 rings (SSSR count). The van der Waals surface area contributed by atoms with Crippen LogP contribution < -0.4 is 5.56 Å². The van der Waals surface area contributed by atoms with E-state index in [-0.39, 0.29) is 5.56 Å². The Bertz CT molecular complexity index is 1060. The SMILES string of the molecule is Cn1c(SCCCCCn2cccn2)nc2scc(-c3cccs3)c2c1=O. The van der Waals surface area contributed by atoms with E-state index in [2.05, 4.69) is 16.5 Å². The average Bonchev–Trinajstić information content (AvgIpc) is 3.42. The van der Waals surface area contributed by atoms with E-state index in [0.717, 1.165) is 57.4 Å². The highest BCUT2D eigenvalue weighted by atomic mass is 32.2. The summed E-state index contributed by atoms with van der Waals surface area (Å²) < 4.78 is 3.66. The highest BCUT2D eigenvalue weighted by molar-refractivity contribution is 7.99. The van der Waals surface area contributed by atoms with E-state index in [1.54, 1.807) is 39.0 Å². The molecule has 0 amide bonds. The van der Waals surface area contributed by atoms with Crippen LogP contribution in [0.15, 0.2) is 51.3 Å². The van der Waals surface area contributed by atoms with Crippen LogP contribution in [0.25, 0.3) is 20.7 Å². The Morgan fingerprint density at radius 3 is 2.89 bits per heavy atom. The van der Waals surface area contributed by atoms with Crippen LogP contribution in [0.5, 0.6) is 0 Å². The number of fused-ring (bicyclic) bond motifs is 1. The molecule has 0 N–H and O–H groups in total. The fraction of sp³-hybridized carbons (Fsp3) is 0.316. The highest BCUT2D eigenvalue weighted by Gasteiger charge is 2.16. The highest BCUT2D eigenvalue weighted by Crippen LogP contribution is 2.34. The molecule has 27 heavy (non-hydrogen) atoms. The molecule has 0 unspecified atom stereocenters. The number of thioether (sulfide) groups is 1. The van der Waals surface area contributed by atoms with E-state index < -0.39 is 0 Å². The molecule has 4 heterocycles. The lowest BCUT2D eigenvalue weighted by Crippen LogP contribution is -2.19. The van der Waals surface area contributed by atoms with Crippen LogP contribution in [0.2, 0.25) is 0 Å². The van der Waals surface area contributed by atoms with Crippen molar-refractivity contribution in [2.24, 2.45) is 7.05 Å². The molecule has 0 atom stereocenters. The standard InChI is InChI=1S/C19H20N4OS3/c1-22-18(24)16-14(15-7-5-12-25-15)13-27-17(16)21-19(22)26-11-4-2-3-9-23-10-6-8-20-23/h5-8,10,12-13H,2-4,9,11H2,1H3. The first kappa shape index (κ1) is 18.5. The Morgan fingerprint density at radius 1 is 1.19 bits per heavy atom. The molecule has 0 fully saturated rings. The van der Waals surface area contributed by atoms with Crippen molar-refractivity contribution in [2.75, 3.05) is 5.75 Å². The number of thiophene rings is 2. The Morgan fingerprint density at radius 2 is 2.11 bits per heavy atom. The van der Waals surface area contributed by atoms with Gasteiger partial charge in [-0.2, -0.15) is 5.10 Å². The van der Waals surface area contributed by atoms with Gasteiger partial charge in [-0.3, -0.25) is 14.0 Å². The molecule has 4 aromatic rings. The topological polar surface area (TPSA) is 52.7 Å². The van der Waals surface area contributed by atoms with Gasteiger partial charge in [-0.15, -0.1) is 22.7 Å². The van der Waals surface area contributed by atoms with Gasteiger partial charge >= 0.3 is 0 Å². The van der Waals surface area contributed by atoms with Crippen LogP contribution in [-0.2, 0) is 13.6 Å². The normalized spacial score (nSPS) is 11.4. The first-order valence-electron chi connectivity index (χ1n) is 8.86. The zero-order valence-electron chi connectivity index (χ0n) is 15.0. The van der Waals surface area contributed by atoms with E-state index >= 15 is 0 Å². The fourth-order valence-electron chi connectivity index (χ4n) is 2.94. The maximum atomic E-state index is 12.9. The van der Waals surface area contributed by atoms with Gasteiger partial charge in [0.25, 0.3) is 5.56 Å². The summed E-state index contributed by atoms with van der Waals surface area (Å²) in [6.07, 6.45) is 7.17. The van der Waals surface area contributed by atoms with Crippen molar-refractivity contribution in [1.29, 1.82) is 0 Å². The van der Waals surface area contributed by atoms with Gasteiger partial charge in [0.2, 0.25) is 0 Å². The second kappa shape index (κ2) is 8.41. The van der Waals surface area contributed by atoms with E-state index in [4.69, 9.17) is 4.98 Å². The summed E-state index contributed by atoms with van der Waals surface area (Å²) in [5, 5.41) is 9.85. The molecule has 0 saturated heterocycles. The van der Waals surface area contributed by atoms with E-state index in [9.17, 15) is 4.79 Å². The third-order valence-electron chi connectivity index (χ3n) is 4.38. The Balaban J connectivity index is 1.41. The number of hydrogen-bond donors (Lipinski definition) is 0. The minimum Gasteiger partial charge on any atom is -0.290 e. The van der Waals surface area contributed by atoms with Gasteiger partial charge in [-0.05, 0) is 30.4 Å². The second-order valence-corrected chi connectivity index (χ2v) is 9.11. The fourth-order valence-corrected chi connectivity index (χ4v) is 5.72. The summed E-state index contributed by atoms with van der Waals surface area (Å²) in [5.74, 6) is 0.966.